The lowest BCUT2D eigenvalue weighted by Gasteiger charge is -2.38. The molecule has 10 rings (SSSR count). The maximum Gasteiger partial charge on any atom is 0.262 e. The molecule has 56 heavy (non-hydrogen) atoms. The molecule has 4 aliphatic heterocycles. The highest BCUT2D eigenvalue weighted by atomic mass is 16.2. The first kappa shape index (κ1) is 34.5. The lowest BCUT2D eigenvalue weighted by atomic mass is 9.94. The number of anilines is 2. The van der Waals surface area contributed by atoms with Gasteiger partial charge in [0.05, 0.1) is 28.9 Å². The zero-order chi connectivity index (χ0) is 38.1. The summed E-state index contributed by atoms with van der Waals surface area (Å²) in [5.74, 6) is -1.16. The molecular formula is C41H42N10O5. The number of benzene rings is 2. The van der Waals surface area contributed by atoms with Gasteiger partial charge in [-0.15, -0.1) is 0 Å². The van der Waals surface area contributed by atoms with E-state index < -0.39 is 23.8 Å². The van der Waals surface area contributed by atoms with Gasteiger partial charge in [-0.05, 0) is 98.7 Å². The molecule has 0 radical (unpaired) electrons. The fourth-order valence-corrected chi connectivity index (χ4v) is 9.07. The molecule has 1 saturated carbocycles. The summed E-state index contributed by atoms with van der Waals surface area (Å²) in [6, 6.07) is 10.7. The average molecular weight is 755 g/mol. The molecule has 5 aliphatic rings. The molecule has 0 spiro atoms. The molecule has 1 unspecified atom stereocenters. The number of piperidine rings is 3. The van der Waals surface area contributed by atoms with Crippen LogP contribution in [0.25, 0.3) is 16.6 Å². The van der Waals surface area contributed by atoms with Crippen LogP contribution in [0.15, 0.2) is 61.2 Å². The fraction of sp³-hybridized carbons (Fsp3) is 0.415. The summed E-state index contributed by atoms with van der Waals surface area (Å²) in [5.41, 5.74) is 5.43. The van der Waals surface area contributed by atoms with Gasteiger partial charge in [0, 0.05) is 74.5 Å². The molecule has 5 aromatic rings. The third kappa shape index (κ3) is 6.19. The zero-order valence-electron chi connectivity index (χ0n) is 30.9. The minimum absolute atomic E-state index is 0.0975. The Balaban J connectivity index is 0.743. The molecule has 1 aliphatic carbocycles. The van der Waals surface area contributed by atoms with Crippen molar-refractivity contribution >= 4 is 57.5 Å². The van der Waals surface area contributed by atoms with Crippen LogP contribution in [0.3, 0.4) is 0 Å². The van der Waals surface area contributed by atoms with Gasteiger partial charge in [0.1, 0.15) is 11.6 Å². The van der Waals surface area contributed by atoms with Gasteiger partial charge < -0.3 is 15.1 Å². The predicted molar refractivity (Wildman–Crippen MR) is 205 cm³/mol. The lowest BCUT2D eigenvalue weighted by Crippen LogP contribution is -2.54. The van der Waals surface area contributed by atoms with Crippen molar-refractivity contribution in [2.24, 2.45) is 5.92 Å². The molecule has 1 atom stereocenters. The van der Waals surface area contributed by atoms with Gasteiger partial charge in [-0.2, -0.15) is 10.2 Å². The second-order valence-electron chi connectivity index (χ2n) is 15.9. The van der Waals surface area contributed by atoms with Crippen molar-refractivity contribution in [1.82, 2.24) is 39.5 Å². The van der Waals surface area contributed by atoms with Crippen molar-refractivity contribution < 1.29 is 24.0 Å². The highest BCUT2D eigenvalue weighted by Gasteiger charge is 2.45. The number of hydrogen-bond donors (Lipinski definition) is 2. The summed E-state index contributed by atoms with van der Waals surface area (Å²) in [6.07, 6.45) is 13.7. The molecule has 2 aromatic carbocycles. The SMILES string of the molecule is O=C1CCC(N2C(=O)c3ccc(N4CCC(CN5CCC(n6cc7cc(NC(=O)c8cnn9cccnc89)c(C8CC8)cc7n6)CC5)CC4)cc3C2=O)C(=O)N1. The molecule has 4 fully saturated rings. The van der Waals surface area contributed by atoms with Gasteiger partial charge in [0.2, 0.25) is 11.8 Å². The van der Waals surface area contributed by atoms with Crippen molar-refractivity contribution in [3.8, 4) is 0 Å². The first-order valence-corrected chi connectivity index (χ1v) is 19.7. The van der Waals surface area contributed by atoms with Crippen LogP contribution in [0.2, 0.25) is 0 Å². The number of hydrogen-bond acceptors (Lipinski definition) is 10. The summed E-state index contributed by atoms with van der Waals surface area (Å²) in [6.45, 7) is 4.79. The number of carbonyl (C=O) groups is 5. The molecule has 3 aromatic heterocycles. The Labute approximate surface area is 322 Å². The second kappa shape index (κ2) is 13.7. The zero-order valence-corrected chi connectivity index (χ0v) is 30.9. The second-order valence-corrected chi connectivity index (χ2v) is 15.9. The van der Waals surface area contributed by atoms with E-state index in [9.17, 15) is 24.0 Å². The number of imide groups is 2. The van der Waals surface area contributed by atoms with Crippen LogP contribution in [0, 0.1) is 5.92 Å². The highest BCUT2D eigenvalue weighted by Crippen LogP contribution is 2.45. The molecule has 2 N–H and O–H groups in total. The van der Waals surface area contributed by atoms with Crippen LogP contribution in [-0.4, -0.2) is 102 Å². The predicted octanol–water partition coefficient (Wildman–Crippen LogP) is 4.16. The summed E-state index contributed by atoms with van der Waals surface area (Å²) in [7, 11) is 0. The molecule has 0 bridgehead atoms. The van der Waals surface area contributed by atoms with Crippen LogP contribution < -0.4 is 15.5 Å². The fourth-order valence-electron chi connectivity index (χ4n) is 9.07. The van der Waals surface area contributed by atoms with Crippen LogP contribution in [0.1, 0.15) is 100.0 Å². The number of amides is 5. The number of nitrogens with one attached hydrogen (secondary N) is 2. The minimum atomic E-state index is -0.966. The van der Waals surface area contributed by atoms with Gasteiger partial charge in [-0.25, -0.2) is 9.50 Å². The normalized spacial score (nSPS) is 21.3. The average Bonchev–Trinajstić information content (AvgIpc) is 3.74. The maximum atomic E-state index is 13.4. The lowest BCUT2D eigenvalue weighted by molar-refractivity contribution is -0.136. The molecule has 15 nitrogen and oxygen atoms in total. The van der Waals surface area contributed by atoms with Crippen molar-refractivity contribution in [2.75, 3.05) is 42.9 Å². The van der Waals surface area contributed by atoms with E-state index in [0.717, 1.165) is 104 Å². The molecule has 7 heterocycles. The first-order chi connectivity index (χ1) is 27.3. The van der Waals surface area contributed by atoms with Gasteiger partial charge >= 0.3 is 0 Å². The third-order valence-corrected chi connectivity index (χ3v) is 12.3. The number of likely N-dealkylation sites (tertiary alicyclic amines) is 1. The Bertz CT molecular complexity index is 2440. The number of fused-ring (bicyclic) bond motifs is 3. The van der Waals surface area contributed by atoms with Gasteiger partial charge in [0.25, 0.3) is 17.7 Å². The monoisotopic (exact) mass is 754 g/mol. The standard InChI is InChI=1S/C41H42N10O5/c52-36-7-6-35(39(54)45-36)51-40(55)29-5-4-28(19-31(29)41(51)56)48-16-8-24(9-17-48)22-47-14-10-27(11-15-47)50-23-26-18-34(30(25-2-3-25)20-33(26)46-50)44-38(53)32-21-43-49-13-1-12-42-37(32)49/h1,4-5,12-13,18-21,23-25,27,35H,2-3,6-11,14-17,22H2,(H,44,53)(H,45,52,54). The smallest absolute Gasteiger partial charge is 0.262 e. The molecule has 286 valence electrons. The number of nitrogens with zero attached hydrogens (tertiary/aromatic N) is 8. The molecular weight excluding hydrogens is 713 g/mol. The summed E-state index contributed by atoms with van der Waals surface area (Å²) >= 11 is 0. The van der Waals surface area contributed by atoms with Crippen LogP contribution in [0.4, 0.5) is 11.4 Å². The van der Waals surface area contributed by atoms with Crippen molar-refractivity contribution in [1.29, 1.82) is 0 Å². The summed E-state index contributed by atoms with van der Waals surface area (Å²) in [5, 5.41) is 15.8. The van der Waals surface area contributed by atoms with Gasteiger partial charge in [-0.3, -0.25) is 38.9 Å². The Morgan fingerprint density at radius 1 is 0.893 bits per heavy atom. The van der Waals surface area contributed by atoms with Crippen LogP contribution >= 0.6 is 0 Å². The van der Waals surface area contributed by atoms with Gasteiger partial charge in [0.15, 0.2) is 5.65 Å². The van der Waals surface area contributed by atoms with Gasteiger partial charge in [-0.1, -0.05) is 0 Å². The van der Waals surface area contributed by atoms with E-state index in [4.69, 9.17) is 5.10 Å². The largest absolute Gasteiger partial charge is 0.371 e. The molecule has 5 amide bonds. The van der Waals surface area contributed by atoms with E-state index in [1.807, 2.05) is 6.07 Å². The number of carbonyl (C=O) groups excluding carboxylic acids is 5. The van der Waals surface area contributed by atoms with Crippen molar-refractivity contribution in [2.45, 2.75) is 69.4 Å². The van der Waals surface area contributed by atoms with Crippen LogP contribution in [-0.2, 0) is 9.59 Å². The van der Waals surface area contributed by atoms with Crippen LogP contribution in [0.5, 0.6) is 0 Å². The Morgan fingerprint density at radius 3 is 2.48 bits per heavy atom. The van der Waals surface area contributed by atoms with E-state index in [1.165, 1.54) is 0 Å². The highest BCUT2D eigenvalue weighted by molar-refractivity contribution is 6.23. The molecule has 15 heteroatoms. The van der Waals surface area contributed by atoms with E-state index in [-0.39, 0.29) is 24.7 Å². The van der Waals surface area contributed by atoms with Crippen molar-refractivity contribution in [3.63, 3.8) is 0 Å². The molecule has 3 saturated heterocycles. The Morgan fingerprint density at radius 2 is 1.70 bits per heavy atom. The summed E-state index contributed by atoms with van der Waals surface area (Å²) < 4.78 is 3.74. The quantitative estimate of drug-likeness (QED) is 0.220. The van der Waals surface area contributed by atoms with E-state index in [0.29, 0.717) is 40.2 Å². The minimum Gasteiger partial charge on any atom is -0.371 e. The number of rotatable bonds is 8. The Kier molecular flexibility index (Phi) is 8.42. The van der Waals surface area contributed by atoms with Crippen molar-refractivity contribution in [3.05, 3.63) is 83.4 Å². The van der Waals surface area contributed by atoms with E-state index >= 15 is 0 Å². The summed E-state index contributed by atoms with van der Waals surface area (Å²) in [4.78, 5) is 74.2. The third-order valence-electron chi connectivity index (χ3n) is 12.3. The maximum absolute atomic E-state index is 13.4. The Hall–Kier alpha value is -5.96. The first-order valence-electron chi connectivity index (χ1n) is 19.7. The van der Waals surface area contributed by atoms with E-state index in [2.05, 4.69) is 53.5 Å². The topological polar surface area (TPSA) is 167 Å². The van der Waals surface area contributed by atoms with E-state index in [1.54, 1.807) is 41.3 Å². The number of aromatic nitrogens is 5.